The third-order valence-electron chi connectivity index (χ3n) is 3.11. The largest absolute Gasteiger partial charge is 0.484 e. The number of ether oxygens (including phenoxy) is 1. The molecule has 1 heterocycles. The summed E-state index contributed by atoms with van der Waals surface area (Å²) in [4.78, 5) is 4.26. The van der Waals surface area contributed by atoms with E-state index in [0.717, 1.165) is 17.7 Å². The van der Waals surface area contributed by atoms with Crippen LogP contribution in [0.3, 0.4) is 0 Å². The van der Waals surface area contributed by atoms with Crippen molar-refractivity contribution in [1.82, 2.24) is 10.1 Å². The second-order valence-electron chi connectivity index (χ2n) is 5.07. The number of nitrogens with two attached hydrogens (primary N) is 1. The Balaban J connectivity index is 1.93. The van der Waals surface area contributed by atoms with E-state index in [0.29, 0.717) is 11.7 Å². The molecule has 1 aromatic carbocycles. The molecule has 1 atom stereocenters. The highest BCUT2D eigenvalue weighted by Crippen LogP contribution is 2.19. The van der Waals surface area contributed by atoms with Gasteiger partial charge in [-0.05, 0) is 24.1 Å². The molecule has 20 heavy (non-hydrogen) atoms. The lowest BCUT2D eigenvalue weighted by atomic mass is 10.1. The molecule has 2 N–H and O–H groups in total. The minimum absolute atomic E-state index is 0.0774. The second-order valence-corrected chi connectivity index (χ2v) is 5.07. The van der Waals surface area contributed by atoms with E-state index in [9.17, 15) is 0 Å². The van der Waals surface area contributed by atoms with Gasteiger partial charge in [0.05, 0.1) is 0 Å². The van der Waals surface area contributed by atoms with Gasteiger partial charge in [0.2, 0.25) is 0 Å². The van der Waals surface area contributed by atoms with Crippen LogP contribution in [0.2, 0.25) is 0 Å². The van der Waals surface area contributed by atoms with E-state index >= 15 is 0 Å². The molecule has 0 aliphatic heterocycles. The molecule has 108 valence electrons. The van der Waals surface area contributed by atoms with Crippen molar-refractivity contribution >= 4 is 0 Å². The first-order valence-corrected chi connectivity index (χ1v) is 6.91. The van der Waals surface area contributed by atoms with Gasteiger partial charge in [-0.2, -0.15) is 4.98 Å². The molecule has 0 aliphatic carbocycles. The quantitative estimate of drug-likeness (QED) is 0.876. The number of hydrogen-bond donors (Lipinski definition) is 1. The van der Waals surface area contributed by atoms with Gasteiger partial charge in [-0.25, -0.2) is 0 Å². The summed E-state index contributed by atoms with van der Waals surface area (Å²) in [7, 11) is 0. The Morgan fingerprint density at radius 1 is 1.25 bits per heavy atom. The monoisotopic (exact) mass is 275 g/mol. The lowest BCUT2D eigenvalue weighted by Crippen LogP contribution is -2.08. The summed E-state index contributed by atoms with van der Waals surface area (Å²) in [6, 6.07) is 7.86. The van der Waals surface area contributed by atoms with Gasteiger partial charge in [0.25, 0.3) is 5.89 Å². The van der Waals surface area contributed by atoms with E-state index in [-0.39, 0.29) is 18.6 Å². The van der Waals surface area contributed by atoms with Crippen molar-refractivity contribution in [2.45, 2.75) is 45.8 Å². The predicted octanol–water partition coefficient (Wildman–Crippen LogP) is 3.18. The smallest absolute Gasteiger partial charge is 0.264 e. The van der Waals surface area contributed by atoms with Crippen molar-refractivity contribution in [1.29, 1.82) is 0 Å². The molecule has 1 aromatic heterocycles. The summed E-state index contributed by atoms with van der Waals surface area (Å²) in [5.74, 6) is 2.21. The van der Waals surface area contributed by atoms with E-state index in [2.05, 4.69) is 17.1 Å². The Labute approximate surface area is 119 Å². The minimum Gasteiger partial charge on any atom is -0.484 e. The van der Waals surface area contributed by atoms with Crippen LogP contribution in [0.15, 0.2) is 28.8 Å². The maximum atomic E-state index is 5.97. The van der Waals surface area contributed by atoms with Crippen LogP contribution in [0, 0.1) is 0 Å². The van der Waals surface area contributed by atoms with Crippen LogP contribution in [-0.2, 0) is 6.61 Å². The van der Waals surface area contributed by atoms with E-state index < -0.39 is 0 Å². The van der Waals surface area contributed by atoms with Crippen LogP contribution in [0.25, 0.3) is 0 Å². The molecule has 0 bridgehead atoms. The molecule has 0 radical (unpaired) electrons. The molecule has 5 heteroatoms. The topological polar surface area (TPSA) is 74.2 Å². The Kier molecular flexibility index (Phi) is 4.74. The Hall–Kier alpha value is -1.88. The fourth-order valence-electron chi connectivity index (χ4n) is 1.75. The zero-order chi connectivity index (χ0) is 14.5. The molecular formula is C15H21N3O2. The zero-order valence-electron chi connectivity index (χ0n) is 12.2. The van der Waals surface area contributed by atoms with Crippen molar-refractivity contribution in [3.05, 3.63) is 41.5 Å². The van der Waals surface area contributed by atoms with Crippen LogP contribution in [0.1, 0.15) is 56.4 Å². The van der Waals surface area contributed by atoms with Crippen LogP contribution >= 0.6 is 0 Å². The SMILES string of the molecule is CC[C@H](N)c1ccc(OCc2nc(C(C)C)no2)cc1. The first kappa shape index (κ1) is 14.5. The van der Waals surface area contributed by atoms with E-state index in [1.807, 2.05) is 38.1 Å². The maximum Gasteiger partial charge on any atom is 0.264 e. The van der Waals surface area contributed by atoms with E-state index in [4.69, 9.17) is 15.0 Å². The third-order valence-corrected chi connectivity index (χ3v) is 3.11. The maximum absolute atomic E-state index is 5.97. The highest BCUT2D eigenvalue weighted by Gasteiger charge is 2.10. The number of hydrogen-bond acceptors (Lipinski definition) is 5. The molecule has 0 aliphatic rings. The van der Waals surface area contributed by atoms with Crippen LogP contribution in [0.4, 0.5) is 0 Å². The number of benzene rings is 1. The standard InChI is InChI=1S/C15H21N3O2/c1-4-13(16)11-5-7-12(8-6-11)19-9-14-17-15(10(2)3)18-20-14/h5-8,10,13H,4,9,16H2,1-3H3/t13-/m0/s1. The van der Waals surface area contributed by atoms with Gasteiger partial charge in [0.1, 0.15) is 5.75 Å². The molecule has 2 rings (SSSR count). The van der Waals surface area contributed by atoms with Crippen molar-refractivity contribution < 1.29 is 9.26 Å². The summed E-state index contributed by atoms with van der Waals surface area (Å²) in [5, 5.41) is 3.89. The van der Waals surface area contributed by atoms with Gasteiger partial charge in [-0.3, -0.25) is 0 Å². The highest BCUT2D eigenvalue weighted by atomic mass is 16.5. The molecule has 0 saturated heterocycles. The first-order chi connectivity index (χ1) is 9.60. The van der Waals surface area contributed by atoms with Gasteiger partial charge in [0, 0.05) is 12.0 Å². The fourth-order valence-corrected chi connectivity index (χ4v) is 1.75. The molecule has 2 aromatic rings. The molecule has 0 spiro atoms. The molecule has 0 saturated carbocycles. The van der Waals surface area contributed by atoms with Crippen molar-refractivity contribution in [3.8, 4) is 5.75 Å². The summed E-state index contributed by atoms with van der Waals surface area (Å²) < 4.78 is 10.7. The minimum atomic E-state index is 0.0774. The predicted molar refractivity (Wildman–Crippen MR) is 76.4 cm³/mol. The highest BCUT2D eigenvalue weighted by molar-refractivity contribution is 5.29. The van der Waals surface area contributed by atoms with Gasteiger partial charge in [-0.15, -0.1) is 0 Å². The van der Waals surface area contributed by atoms with Gasteiger partial charge >= 0.3 is 0 Å². The molecular weight excluding hydrogens is 254 g/mol. The normalized spacial score (nSPS) is 12.7. The van der Waals surface area contributed by atoms with Crippen LogP contribution in [0.5, 0.6) is 5.75 Å². The summed E-state index contributed by atoms with van der Waals surface area (Å²) in [5.41, 5.74) is 7.08. The molecule has 0 fully saturated rings. The van der Waals surface area contributed by atoms with Crippen LogP contribution < -0.4 is 10.5 Å². The lowest BCUT2D eigenvalue weighted by Gasteiger charge is -2.10. The van der Waals surface area contributed by atoms with Crippen molar-refractivity contribution in [2.24, 2.45) is 5.73 Å². The molecule has 5 nitrogen and oxygen atoms in total. The zero-order valence-corrected chi connectivity index (χ0v) is 12.2. The lowest BCUT2D eigenvalue weighted by molar-refractivity contribution is 0.242. The average Bonchev–Trinajstić information content (AvgIpc) is 2.94. The van der Waals surface area contributed by atoms with E-state index in [1.54, 1.807) is 0 Å². The summed E-state index contributed by atoms with van der Waals surface area (Å²) >= 11 is 0. The summed E-state index contributed by atoms with van der Waals surface area (Å²) in [6.07, 6.45) is 0.917. The first-order valence-electron chi connectivity index (χ1n) is 6.91. The Bertz CT molecular complexity index is 534. The fraction of sp³-hybridized carbons (Fsp3) is 0.467. The average molecular weight is 275 g/mol. The number of rotatable bonds is 6. The van der Waals surface area contributed by atoms with Gasteiger partial charge < -0.3 is 15.0 Å². The van der Waals surface area contributed by atoms with Crippen molar-refractivity contribution in [2.75, 3.05) is 0 Å². The van der Waals surface area contributed by atoms with Crippen LogP contribution in [-0.4, -0.2) is 10.1 Å². The summed E-state index contributed by atoms with van der Waals surface area (Å²) in [6.45, 7) is 6.38. The van der Waals surface area contributed by atoms with Gasteiger partial charge in [0.15, 0.2) is 12.4 Å². The molecule has 0 unspecified atom stereocenters. The van der Waals surface area contributed by atoms with E-state index in [1.165, 1.54) is 0 Å². The number of aromatic nitrogens is 2. The van der Waals surface area contributed by atoms with Gasteiger partial charge in [-0.1, -0.05) is 38.1 Å². The Morgan fingerprint density at radius 2 is 1.95 bits per heavy atom. The number of nitrogens with zero attached hydrogens (tertiary/aromatic N) is 2. The molecule has 0 amide bonds. The third kappa shape index (κ3) is 3.57. The Morgan fingerprint density at radius 3 is 2.50 bits per heavy atom. The van der Waals surface area contributed by atoms with Crippen molar-refractivity contribution in [3.63, 3.8) is 0 Å². The second kappa shape index (κ2) is 6.52.